The van der Waals surface area contributed by atoms with Crippen molar-refractivity contribution in [2.45, 2.75) is 73.2 Å². The third-order valence-corrected chi connectivity index (χ3v) is 11.6. The van der Waals surface area contributed by atoms with Crippen molar-refractivity contribution in [3.8, 4) is 5.75 Å². The number of piperidine rings is 1. The van der Waals surface area contributed by atoms with Gasteiger partial charge in [-0.15, -0.1) is 0 Å². The molecule has 0 saturated carbocycles. The van der Waals surface area contributed by atoms with Crippen molar-refractivity contribution < 1.29 is 40.9 Å². The van der Waals surface area contributed by atoms with Gasteiger partial charge in [-0.1, -0.05) is 24.3 Å². The highest BCUT2D eigenvalue weighted by atomic mass is 32.2. The van der Waals surface area contributed by atoms with Gasteiger partial charge in [0, 0.05) is 30.7 Å². The summed E-state index contributed by atoms with van der Waals surface area (Å²) in [6, 6.07) is 14.4. The molecule has 2 atom stereocenters. The number of rotatable bonds is 10. The van der Waals surface area contributed by atoms with Crippen molar-refractivity contribution in [1.82, 2.24) is 18.9 Å². The monoisotopic (exact) mass is 690 g/mol. The van der Waals surface area contributed by atoms with Gasteiger partial charge >= 0.3 is 6.09 Å². The molecular formula is C32H42N4O9S2. The molecule has 2 N–H and O–H groups in total. The maximum absolute atomic E-state index is 13.5. The lowest BCUT2D eigenvalue weighted by atomic mass is 9.88. The third kappa shape index (κ3) is 8.21. The van der Waals surface area contributed by atoms with Crippen LogP contribution in [0.25, 0.3) is 10.9 Å². The molecule has 1 spiro atoms. The Balaban J connectivity index is 1.24. The molecule has 47 heavy (non-hydrogen) atoms. The first-order chi connectivity index (χ1) is 22.1. The summed E-state index contributed by atoms with van der Waals surface area (Å²) in [6.45, 7) is 5.60. The number of para-hydroxylation sites is 1. The predicted octanol–water partition coefficient (Wildman–Crippen LogP) is 3.13. The van der Waals surface area contributed by atoms with Crippen molar-refractivity contribution in [2.75, 3.05) is 39.9 Å². The maximum Gasteiger partial charge on any atom is 0.410 e. The van der Waals surface area contributed by atoms with Gasteiger partial charge in [-0.3, -0.25) is 4.98 Å². The van der Waals surface area contributed by atoms with Crippen LogP contribution in [-0.2, 0) is 29.5 Å². The van der Waals surface area contributed by atoms with Crippen molar-refractivity contribution in [1.29, 1.82) is 0 Å². The van der Waals surface area contributed by atoms with Crippen LogP contribution < -0.4 is 9.46 Å². The molecule has 0 unspecified atom stereocenters. The van der Waals surface area contributed by atoms with Gasteiger partial charge in [-0.25, -0.2) is 26.4 Å². The number of aliphatic hydroxyl groups is 1. The number of hydrogen-bond acceptors (Lipinski definition) is 10. The minimum Gasteiger partial charge on any atom is -0.491 e. The number of ether oxygens (including phenoxy) is 3. The van der Waals surface area contributed by atoms with Gasteiger partial charge in [0.1, 0.15) is 29.0 Å². The molecule has 256 valence electrons. The quantitative estimate of drug-likeness (QED) is 0.323. The van der Waals surface area contributed by atoms with Gasteiger partial charge in [0.2, 0.25) is 20.0 Å². The fourth-order valence-electron chi connectivity index (χ4n) is 5.86. The van der Waals surface area contributed by atoms with Gasteiger partial charge in [0.25, 0.3) is 0 Å². The molecule has 0 radical (unpaired) electrons. The number of carbonyl (C=O) groups excluding carboxylic acids is 1. The first-order valence-electron chi connectivity index (χ1n) is 15.4. The van der Waals surface area contributed by atoms with Gasteiger partial charge in [-0.05, 0) is 71.3 Å². The molecule has 2 aromatic carbocycles. The fourth-order valence-corrected chi connectivity index (χ4v) is 8.05. The Hall–Kier alpha value is -3.34. The van der Waals surface area contributed by atoms with E-state index < -0.39 is 49.5 Å². The third-order valence-electron chi connectivity index (χ3n) is 8.33. The number of sulfonamides is 2. The number of fused-ring (bicyclic) bond motifs is 1. The van der Waals surface area contributed by atoms with Crippen LogP contribution in [0.5, 0.6) is 5.75 Å². The van der Waals surface area contributed by atoms with Crippen LogP contribution in [0.1, 0.15) is 40.0 Å². The van der Waals surface area contributed by atoms with Crippen LogP contribution in [-0.4, -0.2) is 105 Å². The number of nitrogens with one attached hydrogen (secondary N) is 1. The molecule has 5 rings (SSSR count). The van der Waals surface area contributed by atoms with E-state index in [0.29, 0.717) is 19.3 Å². The topological polar surface area (TPSA) is 165 Å². The van der Waals surface area contributed by atoms with E-state index in [9.17, 15) is 26.7 Å². The van der Waals surface area contributed by atoms with E-state index in [1.165, 1.54) is 40.6 Å². The Morgan fingerprint density at radius 1 is 1.11 bits per heavy atom. The van der Waals surface area contributed by atoms with E-state index in [2.05, 4.69) is 9.71 Å². The standard InChI is InChI=1S/C32H42N4O9S2/c1-31(2,3)45-30(38)36(20-25(37)22-43-26-9-7-10-27(17-26)46(39,40)33-4)24-18-32(44-21-24)12-14-35(15-13-32)47(41,42)28-16-23-8-5-6-11-29(23)34-19-28/h5-11,16-17,19,24-25,33,37H,12-15,18,20-22H2,1-4H3/t24-,25+/m1/s1. The molecule has 0 bridgehead atoms. The highest BCUT2D eigenvalue weighted by Gasteiger charge is 2.48. The minimum atomic E-state index is -3.77. The summed E-state index contributed by atoms with van der Waals surface area (Å²) in [4.78, 5) is 19.3. The van der Waals surface area contributed by atoms with Crippen LogP contribution >= 0.6 is 0 Å². The number of carbonyl (C=O) groups is 1. The number of aliphatic hydroxyl groups excluding tert-OH is 1. The Labute approximate surface area is 275 Å². The maximum atomic E-state index is 13.5. The molecule has 1 aromatic heterocycles. The Kier molecular flexibility index (Phi) is 10.2. The van der Waals surface area contributed by atoms with Gasteiger partial charge in [0.15, 0.2) is 0 Å². The molecule has 2 aliphatic heterocycles. The first-order valence-corrected chi connectivity index (χ1v) is 18.4. The van der Waals surface area contributed by atoms with Crippen LogP contribution in [0.2, 0.25) is 0 Å². The van der Waals surface area contributed by atoms with E-state index in [4.69, 9.17) is 14.2 Å². The second kappa shape index (κ2) is 13.6. The SMILES string of the molecule is CNS(=O)(=O)c1cccc(OC[C@@H](O)CN(C(=O)OC(C)(C)C)[C@H]2COC3(CCN(S(=O)(=O)c4cnc5ccccc5c4)CC3)C2)c1. The highest BCUT2D eigenvalue weighted by molar-refractivity contribution is 7.89. The molecule has 2 fully saturated rings. The average Bonchev–Trinajstić information content (AvgIpc) is 3.44. The minimum absolute atomic E-state index is 0.0172. The second-order valence-electron chi connectivity index (χ2n) is 12.9. The van der Waals surface area contributed by atoms with E-state index in [1.807, 2.05) is 24.3 Å². The molecule has 0 aliphatic carbocycles. The highest BCUT2D eigenvalue weighted by Crippen LogP contribution is 2.39. The number of hydrogen-bond donors (Lipinski definition) is 2. The first kappa shape index (κ1) is 35.0. The van der Waals surface area contributed by atoms with E-state index in [0.717, 1.165) is 10.9 Å². The zero-order chi connectivity index (χ0) is 34.0. The molecule has 2 saturated heterocycles. The molecule has 15 heteroatoms. The van der Waals surface area contributed by atoms with Gasteiger partial charge < -0.3 is 24.2 Å². The molecule has 13 nitrogen and oxygen atoms in total. The molecular weight excluding hydrogens is 649 g/mol. The molecule has 3 heterocycles. The normalized spacial score (nSPS) is 19.5. The van der Waals surface area contributed by atoms with Crippen LogP contribution in [0.3, 0.4) is 0 Å². The van der Waals surface area contributed by atoms with E-state index in [-0.39, 0.29) is 48.4 Å². The summed E-state index contributed by atoms with van der Waals surface area (Å²) >= 11 is 0. The van der Waals surface area contributed by atoms with Crippen molar-refractivity contribution in [3.05, 3.63) is 60.8 Å². The lowest BCUT2D eigenvalue weighted by Gasteiger charge is -2.38. The Morgan fingerprint density at radius 3 is 2.53 bits per heavy atom. The van der Waals surface area contributed by atoms with Gasteiger partial charge in [-0.2, -0.15) is 4.31 Å². The fraction of sp³-hybridized carbons (Fsp3) is 0.500. The van der Waals surface area contributed by atoms with E-state index >= 15 is 0 Å². The van der Waals surface area contributed by atoms with Gasteiger partial charge in [0.05, 0.1) is 35.2 Å². The molecule has 3 aromatic rings. The number of amides is 1. The lowest BCUT2D eigenvalue weighted by Crippen LogP contribution is -2.50. The summed E-state index contributed by atoms with van der Waals surface area (Å²) in [5.74, 6) is 0.244. The molecule has 2 aliphatic rings. The second-order valence-corrected chi connectivity index (χ2v) is 16.7. The van der Waals surface area contributed by atoms with Crippen molar-refractivity contribution in [3.63, 3.8) is 0 Å². The Bertz CT molecular complexity index is 1800. The zero-order valence-electron chi connectivity index (χ0n) is 27.0. The number of nitrogens with zero attached hydrogens (tertiary/aromatic N) is 3. The largest absolute Gasteiger partial charge is 0.491 e. The predicted molar refractivity (Wildman–Crippen MR) is 174 cm³/mol. The van der Waals surface area contributed by atoms with Crippen LogP contribution in [0, 0.1) is 0 Å². The summed E-state index contributed by atoms with van der Waals surface area (Å²) in [7, 11) is -6.15. The van der Waals surface area contributed by atoms with Crippen LogP contribution in [0.15, 0.2) is 70.6 Å². The van der Waals surface area contributed by atoms with Crippen molar-refractivity contribution >= 4 is 37.0 Å². The lowest BCUT2D eigenvalue weighted by molar-refractivity contribution is -0.0329. The number of pyridine rings is 1. The summed E-state index contributed by atoms with van der Waals surface area (Å²) in [5, 5.41) is 11.7. The summed E-state index contributed by atoms with van der Waals surface area (Å²) in [6.07, 6.45) is 0.945. The van der Waals surface area contributed by atoms with E-state index in [1.54, 1.807) is 32.9 Å². The summed E-state index contributed by atoms with van der Waals surface area (Å²) in [5.41, 5.74) is -0.709. The van der Waals surface area contributed by atoms with Crippen LogP contribution in [0.4, 0.5) is 4.79 Å². The van der Waals surface area contributed by atoms with Crippen molar-refractivity contribution in [2.24, 2.45) is 0 Å². The smallest absolute Gasteiger partial charge is 0.410 e. The Morgan fingerprint density at radius 2 is 1.83 bits per heavy atom. The molecule has 1 amide bonds. The zero-order valence-corrected chi connectivity index (χ0v) is 28.6. The average molecular weight is 691 g/mol. The number of benzene rings is 2. The summed E-state index contributed by atoms with van der Waals surface area (Å²) < 4.78 is 72.7. The number of aromatic nitrogens is 1.